The lowest BCUT2D eigenvalue weighted by molar-refractivity contribution is -0.138. The summed E-state index contributed by atoms with van der Waals surface area (Å²) in [5.41, 5.74) is 5.85. The number of H-pyrrole nitrogens is 1. The third-order valence-corrected chi connectivity index (χ3v) is 13.0. The van der Waals surface area contributed by atoms with Gasteiger partial charge in [-0.3, -0.25) is 14.5 Å². The number of piperazine rings is 1. The molecule has 6 aromatic rings. The van der Waals surface area contributed by atoms with Crippen LogP contribution in [0, 0.1) is 5.92 Å². The Balaban J connectivity index is 0.773. The Labute approximate surface area is 370 Å². The topological polar surface area (TPSA) is 179 Å². The van der Waals surface area contributed by atoms with E-state index in [0.29, 0.717) is 80.1 Å². The Kier molecular flexibility index (Phi) is 11.8. The monoisotopic (exact) mass is 864 g/mol. The van der Waals surface area contributed by atoms with Gasteiger partial charge in [-0.25, -0.2) is 14.5 Å². The zero-order chi connectivity index (χ0) is 44.5. The fourth-order valence-corrected chi connectivity index (χ4v) is 9.17. The molecule has 0 saturated carbocycles. The van der Waals surface area contributed by atoms with Crippen LogP contribution in [0.3, 0.4) is 0 Å². The van der Waals surface area contributed by atoms with Crippen molar-refractivity contribution >= 4 is 17.4 Å². The van der Waals surface area contributed by atoms with Gasteiger partial charge in [0.2, 0.25) is 11.8 Å². The zero-order valence-electron chi connectivity index (χ0n) is 36.2. The van der Waals surface area contributed by atoms with Crippen molar-refractivity contribution in [2.45, 2.75) is 51.5 Å². The van der Waals surface area contributed by atoms with Gasteiger partial charge in [0.05, 0.1) is 17.2 Å². The number of phenols is 2. The molecule has 330 valence electrons. The van der Waals surface area contributed by atoms with Gasteiger partial charge in [-0.05, 0) is 89.5 Å². The number of nitrogens with zero attached hydrogens (tertiary/aromatic N) is 7. The Morgan fingerprint density at radius 3 is 2.11 bits per heavy atom. The predicted molar refractivity (Wildman–Crippen MR) is 240 cm³/mol. The minimum Gasteiger partial charge on any atom is -0.508 e. The van der Waals surface area contributed by atoms with Gasteiger partial charge in [0.25, 0.3) is 0 Å². The third kappa shape index (κ3) is 8.48. The molecule has 0 radical (unpaired) electrons. The lowest BCUT2D eigenvalue weighted by Gasteiger charge is -2.44. The van der Waals surface area contributed by atoms with Gasteiger partial charge in [-0.1, -0.05) is 50.2 Å². The van der Waals surface area contributed by atoms with E-state index in [9.17, 15) is 24.6 Å². The number of carbonyl (C=O) groups excluding carboxylic acids is 2. The molecule has 15 nitrogen and oxygen atoms in total. The summed E-state index contributed by atoms with van der Waals surface area (Å²) in [5, 5.41) is 35.7. The highest BCUT2D eigenvalue weighted by Gasteiger charge is 2.39. The maximum absolute atomic E-state index is 13.6. The SMILES string of the molecule is CC(=O)c1ccc(Oc2ccc(C3(c4ccc(N5CC(C(=O)N6CCN(Cc7ccc(-n8c(-c9cc(C(C)C)c(O)cc9O)n[nH]c8=O)cc7)CC6)C5)cc4)CCOCC3)cc2)nn1. The van der Waals surface area contributed by atoms with Crippen LogP contribution in [0.25, 0.3) is 17.1 Å². The highest BCUT2D eigenvalue weighted by molar-refractivity contribution is 5.91. The summed E-state index contributed by atoms with van der Waals surface area (Å²) in [6, 6.07) is 30.8. The summed E-state index contributed by atoms with van der Waals surface area (Å²) >= 11 is 0. The number of phenolic OH excluding ortho intramolecular Hbond substituents is 2. The van der Waals surface area contributed by atoms with E-state index in [4.69, 9.17) is 9.47 Å². The standard InChI is InChI=1S/C49H52N8O7/c1-31(2)40-26-41(44(60)27-43(40)59)46-52-53-48(62)57(46)38-10-4-33(5-11-38)28-54-20-22-55(23-21-54)47(61)34-29-56(30-34)37-12-6-35(7-13-37)49(18-24-63-25-19-49)36-8-14-39(15-9-36)64-45-17-16-42(32(3)58)50-51-45/h4-17,26-27,31,34,59-60H,18-25,28-30H2,1-3H3,(H,53,62). The molecule has 3 saturated heterocycles. The second-order valence-electron chi connectivity index (χ2n) is 17.3. The number of anilines is 1. The van der Waals surface area contributed by atoms with Gasteiger partial charge < -0.3 is 29.5 Å². The molecule has 3 aliphatic heterocycles. The van der Waals surface area contributed by atoms with Gasteiger partial charge in [-0.2, -0.15) is 5.10 Å². The second-order valence-corrected chi connectivity index (χ2v) is 17.3. The second kappa shape index (κ2) is 17.7. The molecule has 1 amide bonds. The molecule has 0 spiro atoms. The number of Topliss-reactive ketones (excluding diaryl/α,β-unsaturated/α-hetero) is 1. The van der Waals surface area contributed by atoms with Crippen molar-refractivity contribution in [2.24, 2.45) is 5.92 Å². The number of ketones is 1. The van der Waals surface area contributed by atoms with E-state index in [-0.39, 0.29) is 46.3 Å². The Bertz CT molecular complexity index is 2680. The van der Waals surface area contributed by atoms with Crippen molar-refractivity contribution in [3.63, 3.8) is 0 Å². The minimum absolute atomic E-state index is 0.00201. The molecule has 0 atom stereocenters. The first-order valence-electron chi connectivity index (χ1n) is 21.9. The molecule has 15 heteroatoms. The number of carbonyl (C=O) groups is 2. The number of amides is 1. The fraction of sp³-hybridized carbons (Fsp3) is 0.347. The zero-order valence-corrected chi connectivity index (χ0v) is 36.2. The number of aromatic hydroxyl groups is 2. The van der Waals surface area contributed by atoms with Crippen molar-refractivity contribution in [1.29, 1.82) is 0 Å². The van der Waals surface area contributed by atoms with Gasteiger partial charge >= 0.3 is 5.69 Å². The number of rotatable bonds is 12. The normalized spacial score (nSPS) is 16.8. The van der Waals surface area contributed by atoms with Gasteiger partial charge in [0.15, 0.2) is 11.6 Å². The lowest BCUT2D eigenvalue weighted by Crippen LogP contribution is -2.57. The van der Waals surface area contributed by atoms with Crippen molar-refractivity contribution in [3.05, 3.63) is 135 Å². The number of ether oxygens (including phenoxy) is 2. The van der Waals surface area contributed by atoms with E-state index in [1.54, 1.807) is 18.2 Å². The molecule has 64 heavy (non-hydrogen) atoms. The maximum atomic E-state index is 13.6. The first-order valence-corrected chi connectivity index (χ1v) is 21.9. The van der Waals surface area contributed by atoms with Crippen LogP contribution in [0.15, 0.2) is 102 Å². The van der Waals surface area contributed by atoms with Crippen LogP contribution in [-0.2, 0) is 21.5 Å². The lowest BCUT2D eigenvalue weighted by atomic mass is 9.69. The van der Waals surface area contributed by atoms with Crippen LogP contribution in [0.2, 0.25) is 0 Å². The van der Waals surface area contributed by atoms with Gasteiger partial charge in [0.1, 0.15) is 22.9 Å². The van der Waals surface area contributed by atoms with E-state index < -0.39 is 5.69 Å². The molecule has 0 unspecified atom stereocenters. The summed E-state index contributed by atoms with van der Waals surface area (Å²) in [4.78, 5) is 44.7. The number of hydrogen-bond acceptors (Lipinski definition) is 12. The van der Waals surface area contributed by atoms with Crippen LogP contribution in [0.4, 0.5) is 5.69 Å². The summed E-state index contributed by atoms with van der Waals surface area (Å²) in [6.45, 7) is 11.6. The Morgan fingerprint density at radius 1 is 0.828 bits per heavy atom. The summed E-state index contributed by atoms with van der Waals surface area (Å²) < 4.78 is 13.2. The van der Waals surface area contributed by atoms with Crippen LogP contribution < -0.4 is 15.3 Å². The first-order chi connectivity index (χ1) is 31.0. The summed E-state index contributed by atoms with van der Waals surface area (Å²) in [7, 11) is 0. The third-order valence-electron chi connectivity index (χ3n) is 13.0. The fourth-order valence-electron chi connectivity index (χ4n) is 9.17. The number of benzene rings is 4. The van der Waals surface area contributed by atoms with Crippen molar-refractivity contribution in [1.82, 2.24) is 34.8 Å². The number of nitrogens with one attached hydrogen (secondary N) is 1. The molecule has 3 N–H and O–H groups in total. The smallest absolute Gasteiger partial charge is 0.348 e. The minimum atomic E-state index is -0.437. The van der Waals surface area contributed by atoms with Crippen LogP contribution >= 0.6 is 0 Å². The molecule has 0 aliphatic carbocycles. The maximum Gasteiger partial charge on any atom is 0.348 e. The number of hydrogen-bond donors (Lipinski definition) is 3. The van der Waals surface area contributed by atoms with Crippen LogP contribution in [0.5, 0.6) is 23.1 Å². The van der Waals surface area contributed by atoms with Crippen LogP contribution in [-0.4, -0.2) is 109 Å². The van der Waals surface area contributed by atoms with Crippen molar-refractivity contribution in [2.75, 3.05) is 57.4 Å². The van der Waals surface area contributed by atoms with Crippen molar-refractivity contribution < 1.29 is 29.3 Å². The molecule has 9 rings (SSSR count). The van der Waals surface area contributed by atoms with Gasteiger partial charge in [0, 0.05) is 89.2 Å². The number of aromatic amines is 1. The summed E-state index contributed by atoms with van der Waals surface area (Å²) in [6.07, 6.45) is 1.71. The molecule has 3 fully saturated rings. The summed E-state index contributed by atoms with van der Waals surface area (Å²) in [5.74, 6) is 1.07. The molecule has 2 aromatic heterocycles. The molecule has 4 aromatic carbocycles. The Morgan fingerprint density at radius 2 is 1.48 bits per heavy atom. The first kappa shape index (κ1) is 42.5. The van der Waals surface area contributed by atoms with Crippen LogP contribution in [0.1, 0.15) is 72.3 Å². The Hall–Kier alpha value is -6.84. The molecule has 0 bridgehead atoms. The predicted octanol–water partition coefficient (Wildman–Crippen LogP) is 6.42. The highest BCUT2D eigenvalue weighted by Crippen LogP contribution is 2.43. The molecular weight excluding hydrogens is 813 g/mol. The van der Waals surface area contributed by atoms with E-state index >= 15 is 0 Å². The van der Waals surface area contributed by atoms with E-state index in [0.717, 1.165) is 37.2 Å². The van der Waals surface area contributed by atoms with Gasteiger partial charge in [-0.15, -0.1) is 10.2 Å². The molecule has 5 heterocycles. The molecular formula is C49H52N8O7. The van der Waals surface area contributed by atoms with Crippen molar-refractivity contribution in [3.8, 4) is 40.2 Å². The highest BCUT2D eigenvalue weighted by atomic mass is 16.5. The van der Waals surface area contributed by atoms with E-state index in [2.05, 4.69) is 66.6 Å². The van der Waals surface area contributed by atoms with E-state index in [1.807, 2.05) is 55.1 Å². The average molecular weight is 865 g/mol. The van der Waals surface area contributed by atoms with E-state index in [1.165, 1.54) is 28.7 Å². The molecule has 3 aliphatic rings. The average Bonchev–Trinajstić information content (AvgIpc) is 3.67. The quantitative estimate of drug-likeness (QED) is 0.115. The number of aromatic nitrogens is 5. The largest absolute Gasteiger partial charge is 0.508 e.